The summed E-state index contributed by atoms with van der Waals surface area (Å²) >= 11 is 6.02. The van der Waals surface area contributed by atoms with E-state index in [1.54, 1.807) is 7.11 Å². The first kappa shape index (κ1) is 19.3. The lowest BCUT2D eigenvalue weighted by atomic mass is 9.72. The Balaban J connectivity index is 1.75. The smallest absolute Gasteiger partial charge is 0.162 e. The molecule has 2 aromatic carbocycles. The Hall–Kier alpha value is -3.03. The summed E-state index contributed by atoms with van der Waals surface area (Å²) in [7, 11) is 1.62. The minimum absolute atomic E-state index is 0.0831. The monoisotopic (exact) mass is 404 g/mol. The molecule has 4 nitrogen and oxygen atoms in total. The highest BCUT2D eigenvalue weighted by molar-refractivity contribution is 6.30. The third-order valence-corrected chi connectivity index (χ3v) is 5.99. The number of carbonyl (C=O) groups excluding carboxylic acids is 1. The van der Waals surface area contributed by atoms with Gasteiger partial charge >= 0.3 is 0 Å². The first-order chi connectivity index (χ1) is 14.0. The van der Waals surface area contributed by atoms with E-state index >= 15 is 0 Å². The number of ketones is 1. The Kier molecular flexibility index (Phi) is 5.17. The highest BCUT2D eigenvalue weighted by Crippen LogP contribution is 2.45. The van der Waals surface area contributed by atoms with E-state index in [0.29, 0.717) is 22.6 Å². The predicted octanol–water partition coefficient (Wildman–Crippen LogP) is 5.23. The fourth-order valence-electron chi connectivity index (χ4n) is 4.29. The maximum absolute atomic E-state index is 13.3. The van der Waals surface area contributed by atoms with E-state index in [0.717, 1.165) is 34.7 Å². The summed E-state index contributed by atoms with van der Waals surface area (Å²) in [6, 6.07) is 17.6. The molecule has 1 heterocycles. The van der Waals surface area contributed by atoms with Crippen molar-refractivity contribution in [1.29, 1.82) is 5.26 Å². The van der Waals surface area contributed by atoms with Crippen LogP contribution in [0, 0.1) is 11.3 Å². The van der Waals surface area contributed by atoms with E-state index in [9.17, 15) is 10.1 Å². The highest BCUT2D eigenvalue weighted by atomic mass is 35.5. The topological polar surface area (TPSA) is 62.1 Å². The normalized spacial score (nSPS) is 21.4. The van der Waals surface area contributed by atoms with Crippen molar-refractivity contribution in [2.45, 2.75) is 31.6 Å². The van der Waals surface area contributed by atoms with Crippen LogP contribution in [0.5, 0.6) is 5.75 Å². The largest absolute Gasteiger partial charge is 0.497 e. The zero-order valence-electron chi connectivity index (χ0n) is 16.3. The Labute approximate surface area is 175 Å². The van der Waals surface area contributed by atoms with E-state index < -0.39 is 0 Å². The minimum atomic E-state index is -0.346. The van der Waals surface area contributed by atoms with Gasteiger partial charge in [0.15, 0.2) is 5.78 Å². The van der Waals surface area contributed by atoms with Crippen LogP contribution in [0.4, 0.5) is 0 Å². The van der Waals surface area contributed by atoms with Gasteiger partial charge in [-0.25, -0.2) is 0 Å². The van der Waals surface area contributed by atoms with Crippen LogP contribution in [0.25, 0.3) is 0 Å². The molecule has 2 aromatic rings. The summed E-state index contributed by atoms with van der Waals surface area (Å²) in [6.07, 6.45) is 1.15. The van der Waals surface area contributed by atoms with Crippen molar-refractivity contribution >= 4 is 17.4 Å². The molecule has 1 aliphatic heterocycles. The molecule has 0 saturated heterocycles. The highest BCUT2D eigenvalue weighted by Gasteiger charge is 2.38. The average Bonchev–Trinajstić information content (AvgIpc) is 2.73. The molecular weight excluding hydrogens is 384 g/mol. The molecule has 0 bridgehead atoms. The Morgan fingerprint density at radius 1 is 1.07 bits per heavy atom. The lowest BCUT2D eigenvalue weighted by Crippen LogP contribution is -2.33. The zero-order valence-corrected chi connectivity index (χ0v) is 17.1. The number of methoxy groups -OCH3 is 1. The van der Waals surface area contributed by atoms with Crippen molar-refractivity contribution < 1.29 is 9.53 Å². The van der Waals surface area contributed by atoms with Crippen molar-refractivity contribution in [2.24, 2.45) is 0 Å². The Morgan fingerprint density at radius 2 is 1.72 bits per heavy atom. The zero-order chi connectivity index (χ0) is 20.5. The van der Waals surface area contributed by atoms with E-state index in [4.69, 9.17) is 16.3 Å². The Morgan fingerprint density at radius 3 is 2.34 bits per heavy atom. The number of nitrogens with zero attached hydrogens (tertiary/aromatic N) is 1. The first-order valence-corrected chi connectivity index (χ1v) is 9.93. The molecule has 0 spiro atoms. The molecule has 146 valence electrons. The van der Waals surface area contributed by atoms with Crippen molar-refractivity contribution in [3.8, 4) is 11.8 Å². The number of benzene rings is 2. The van der Waals surface area contributed by atoms with Gasteiger partial charge in [0.25, 0.3) is 0 Å². The van der Waals surface area contributed by atoms with Gasteiger partial charge in [-0.05, 0) is 54.7 Å². The molecule has 29 heavy (non-hydrogen) atoms. The van der Waals surface area contributed by atoms with Crippen LogP contribution in [-0.2, 0) is 4.79 Å². The summed E-state index contributed by atoms with van der Waals surface area (Å²) in [5.74, 6) is 0.577. The second-order valence-corrected chi connectivity index (χ2v) is 7.89. The molecule has 5 heteroatoms. The molecule has 0 unspecified atom stereocenters. The molecule has 0 aromatic heterocycles. The number of ether oxygens (including phenoxy) is 1. The molecule has 1 N–H and O–H groups in total. The minimum Gasteiger partial charge on any atom is -0.497 e. The van der Waals surface area contributed by atoms with Crippen LogP contribution in [0.3, 0.4) is 0 Å². The second kappa shape index (κ2) is 7.77. The second-order valence-electron chi connectivity index (χ2n) is 7.45. The van der Waals surface area contributed by atoms with E-state index in [1.165, 1.54) is 0 Å². The van der Waals surface area contributed by atoms with Gasteiger partial charge in [-0.15, -0.1) is 0 Å². The SMILES string of the molecule is COc1ccc([C@@H]2C(C#N)=C(C)NC3=C2C(=O)C[C@H](c2ccc(Cl)cc2)C3)cc1. The van der Waals surface area contributed by atoms with Gasteiger partial charge in [-0.3, -0.25) is 4.79 Å². The number of nitriles is 1. The maximum atomic E-state index is 13.3. The van der Waals surface area contributed by atoms with Crippen LogP contribution < -0.4 is 10.1 Å². The van der Waals surface area contributed by atoms with Gasteiger partial charge in [0.1, 0.15) is 5.75 Å². The van der Waals surface area contributed by atoms with Gasteiger partial charge in [-0.1, -0.05) is 35.9 Å². The van der Waals surface area contributed by atoms with Crippen molar-refractivity contribution in [3.05, 3.63) is 87.2 Å². The van der Waals surface area contributed by atoms with Crippen molar-refractivity contribution in [3.63, 3.8) is 0 Å². The standard InChI is InChI=1S/C24H21ClN2O2/c1-14-20(13-26)23(16-5-9-19(29-2)10-6-16)24-21(27-14)11-17(12-22(24)28)15-3-7-18(25)8-4-15/h3-10,17,23,27H,11-12H2,1-2H3/t17-,23-/m1/s1. The molecule has 2 aliphatic rings. The number of hydrogen-bond acceptors (Lipinski definition) is 4. The fourth-order valence-corrected chi connectivity index (χ4v) is 4.41. The third kappa shape index (κ3) is 3.54. The first-order valence-electron chi connectivity index (χ1n) is 9.55. The summed E-state index contributed by atoms with van der Waals surface area (Å²) in [6.45, 7) is 1.90. The number of halogens is 1. The van der Waals surface area contributed by atoms with Gasteiger partial charge in [0, 0.05) is 28.4 Å². The Bertz CT molecular complexity index is 1060. The van der Waals surface area contributed by atoms with E-state index in [-0.39, 0.29) is 17.6 Å². The number of dihydropyridines is 1. The van der Waals surface area contributed by atoms with E-state index in [1.807, 2.05) is 55.5 Å². The van der Waals surface area contributed by atoms with Gasteiger partial charge in [0.05, 0.1) is 24.7 Å². The number of nitrogens with one attached hydrogen (secondary N) is 1. The fraction of sp³-hybridized carbons (Fsp3) is 0.250. The van der Waals surface area contributed by atoms with Crippen LogP contribution in [0.15, 0.2) is 71.1 Å². The molecule has 0 saturated carbocycles. The number of allylic oxidation sites excluding steroid dienone is 4. The third-order valence-electron chi connectivity index (χ3n) is 5.74. The summed E-state index contributed by atoms with van der Waals surface area (Å²) in [5.41, 5.74) is 5.05. The summed E-state index contributed by atoms with van der Waals surface area (Å²) in [4.78, 5) is 13.3. The lowest BCUT2D eigenvalue weighted by molar-refractivity contribution is -0.116. The number of carbonyl (C=O) groups is 1. The molecular formula is C24H21ClN2O2. The quantitative estimate of drug-likeness (QED) is 0.760. The van der Waals surface area contributed by atoms with Crippen LogP contribution in [0.2, 0.25) is 5.02 Å². The van der Waals surface area contributed by atoms with Gasteiger partial charge in [0.2, 0.25) is 0 Å². The molecule has 1 aliphatic carbocycles. The average molecular weight is 405 g/mol. The van der Waals surface area contributed by atoms with E-state index in [2.05, 4.69) is 11.4 Å². The van der Waals surface area contributed by atoms with Gasteiger partial charge in [-0.2, -0.15) is 5.26 Å². The molecule has 0 radical (unpaired) electrons. The van der Waals surface area contributed by atoms with Crippen molar-refractivity contribution in [1.82, 2.24) is 5.32 Å². The van der Waals surface area contributed by atoms with Crippen LogP contribution in [0.1, 0.15) is 42.7 Å². The maximum Gasteiger partial charge on any atom is 0.162 e. The predicted molar refractivity (Wildman–Crippen MR) is 113 cm³/mol. The molecule has 0 fully saturated rings. The molecule has 2 atom stereocenters. The summed E-state index contributed by atoms with van der Waals surface area (Å²) < 4.78 is 5.25. The molecule has 4 rings (SSSR count). The van der Waals surface area contributed by atoms with Gasteiger partial charge < -0.3 is 10.1 Å². The van der Waals surface area contributed by atoms with Crippen LogP contribution >= 0.6 is 11.6 Å². The number of rotatable bonds is 3. The van der Waals surface area contributed by atoms with Crippen LogP contribution in [-0.4, -0.2) is 12.9 Å². The number of hydrogen-bond donors (Lipinski definition) is 1. The summed E-state index contributed by atoms with van der Waals surface area (Å²) in [5, 5.41) is 13.8. The molecule has 0 amide bonds. The number of Topliss-reactive ketones (excluding diaryl/α,β-unsaturated/α-hetero) is 1. The van der Waals surface area contributed by atoms with Crippen molar-refractivity contribution in [2.75, 3.05) is 7.11 Å². The lowest BCUT2D eigenvalue weighted by Gasteiger charge is -2.35.